The minimum Gasteiger partial charge on any atom is -0.360 e. The number of carbonyl (C=O) groups excluding carboxylic acids is 1. The van der Waals surface area contributed by atoms with E-state index in [1.807, 2.05) is 12.1 Å². The Balaban J connectivity index is 1.78. The molecular formula is C18H19N5O2. The van der Waals surface area contributed by atoms with Gasteiger partial charge in [-0.2, -0.15) is 0 Å². The summed E-state index contributed by atoms with van der Waals surface area (Å²) in [6, 6.07) is 11.3. The number of anilines is 3. The van der Waals surface area contributed by atoms with Crippen molar-refractivity contribution in [3.05, 3.63) is 59.2 Å². The summed E-state index contributed by atoms with van der Waals surface area (Å²) in [6.07, 6.45) is 0.985. The van der Waals surface area contributed by atoms with Crippen LogP contribution in [0.3, 0.4) is 0 Å². The van der Waals surface area contributed by atoms with Crippen LogP contribution in [0.4, 0.5) is 17.3 Å². The Hall–Kier alpha value is -3.22. The third-order valence-corrected chi connectivity index (χ3v) is 3.57. The Bertz CT molecular complexity index is 887. The van der Waals surface area contributed by atoms with Gasteiger partial charge < -0.3 is 15.2 Å². The Morgan fingerprint density at radius 2 is 1.84 bits per heavy atom. The van der Waals surface area contributed by atoms with Crippen LogP contribution in [0, 0.1) is 13.8 Å². The summed E-state index contributed by atoms with van der Waals surface area (Å²) < 4.78 is 4.94. The lowest BCUT2D eigenvalue weighted by atomic mass is 10.1. The zero-order chi connectivity index (χ0) is 17.8. The second-order valence-corrected chi connectivity index (χ2v) is 5.64. The SMILES string of the molecule is CCc1ccc(Nc2cc(C(=O)Nc3cc(C)on3)nc(C)n2)cc1. The van der Waals surface area contributed by atoms with Gasteiger partial charge in [0.05, 0.1) is 0 Å². The fourth-order valence-corrected chi connectivity index (χ4v) is 2.33. The van der Waals surface area contributed by atoms with Crippen LogP contribution in [-0.4, -0.2) is 21.0 Å². The van der Waals surface area contributed by atoms with Gasteiger partial charge in [0.1, 0.15) is 23.1 Å². The van der Waals surface area contributed by atoms with Crippen LogP contribution < -0.4 is 10.6 Å². The summed E-state index contributed by atoms with van der Waals surface area (Å²) >= 11 is 0. The maximum atomic E-state index is 12.4. The number of aromatic nitrogens is 3. The first kappa shape index (κ1) is 16.6. The molecule has 0 unspecified atom stereocenters. The third-order valence-electron chi connectivity index (χ3n) is 3.57. The van der Waals surface area contributed by atoms with Crippen LogP contribution in [0.2, 0.25) is 0 Å². The fraction of sp³-hybridized carbons (Fsp3) is 0.222. The van der Waals surface area contributed by atoms with E-state index in [-0.39, 0.29) is 11.6 Å². The van der Waals surface area contributed by atoms with Gasteiger partial charge in [-0.05, 0) is 38.0 Å². The van der Waals surface area contributed by atoms with E-state index < -0.39 is 0 Å². The first-order chi connectivity index (χ1) is 12.0. The van der Waals surface area contributed by atoms with Crippen molar-refractivity contribution in [3.63, 3.8) is 0 Å². The number of rotatable bonds is 5. The van der Waals surface area contributed by atoms with Crippen molar-refractivity contribution in [3.8, 4) is 0 Å². The molecule has 3 rings (SSSR count). The fourth-order valence-electron chi connectivity index (χ4n) is 2.33. The molecule has 0 bridgehead atoms. The Morgan fingerprint density at radius 3 is 2.48 bits per heavy atom. The Kier molecular flexibility index (Phi) is 4.74. The van der Waals surface area contributed by atoms with Crippen molar-refractivity contribution in [1.29, 1.82) is 0 Å². The molecule has 0 saturated carbocycles. The lowest BCUT2D eigenvalue weighted by molar-refractivity contribution is 0.102. The third kappa shape index (κ3) is 4.20. The molecule has 0 radical (unpaired) electrons. The second-order valence-electron chi connectivity index (χ2n) is 5.64. The maximum absolute atomic E-state index is 12.4. The molecule has 25 heavy (non-hydrogen) atoms. The monoisotopic (exact) mass is 337 g/mol. The number of amides is 1. The molecule has 2 aromatic heterocycles. The molecule has 0 aliphatic carbocycles. The van der Waals surface area contributed by atoms with Crippen LogP contribution in [0.5, 0.6) is 0 Å². The van der Waals surface area contributed by atoms with Gasteiger partial charge >= 0.3 is 0 Å². The van der Waals surface area contributed by atoms with Gasteiger partial charge in [-0.15, -0.1) is 0 Å². The highest BCUT2D eigenvalue weighted by Gasteiger charge is 2.13. The number of hydrogen-bond acceptors (Lipinski definition) is 6. The summed E-state index contributed by atoms with van der Waals surface area (Å²) in [5.41, 5.74) is 2.40. The summed E-state index contributed by atoms with van der Waals surface area (Å²) in [5, 5.41) is 9.59. The van der Waals surface area contributed by atoms with Crippen molar-refractivity contribution in [2.24, 2.45) is 0 Å². The quantitative estimate of drug-likeness (QED) is 0.738. The molecule has 128 valence electrons. The van der Waals surface area contributed by atoms with E-state index in [2.05, 4.69) is 44.8 Å². The first-order valence-electron chi connectivity index (χ1n) is 8.00. The largest absolute Gasteiger partial charge is 0.360 e. The van der Waals surface area contributed by atoms with Crippen molar-refractivity contribution < 1.29 is 9.32 Å². The summed E-state index contributed by atoms with van der Waals surface area (Å²) in [4.78, 5) is 20.9. The summed E-state index contributed by atoms with van der Waals surface area (Å²) in [7, 11) is 0. The highest BCUT2D eigenvalue weighted by Crippen LogP contribution is 2.17. The molecule has 0 fully saturated rings. The Labute approximate surface area is 145 Å². The average molecular weight is 337 g/mol. The van der Waals surface area contributed by atoms with Gasteiger partial charge in [0.15, 0.2) is 5.82 Å². The van der Waals surface area contributed by atoms with Crippen LogP contribution >= 0.6 is 0 Å². The van der Waals surface area contributed by atoms with Gasteiger partial charge in [-0.25, -0.2) is 9.97 Å². The van der Waals surface area contributed by atoms with E-state index >= 15 is 0 Å². The molecule has 0 spiro atoms. The molecule has 2 heterocycles. The van der Waals surface area contributed by atoms with Crippen LogP contribution in [0.15, 0.2) is 40.9 Å². The molecule has 0 saturated heterocycles. The summed E-state index contributed by atoms with van der Waals surface area (Å²) in [5.74, 6) is 1.65. The molecule has 0 atom stereocenters. The molecule has 1 amide bonds. The van der Waals surface area contributed by atoms with Gasteiger partial charge in [-0.1, -0.05) is 24.2 Å². The van der Waals surface area contributed by atoms with E-state index in [1.54, 1.807) is 26.0 Å². The Morgan fingerprint density at radius 1 is 1.08 bits per heavy atom. The smallest absolute Gasteiger partial charge is 0.275 e. The van der Waals surface area contributed by atoms with E-state index in [0.29, 0.717) is 23.2 Å². The highest BCUT2D eigenvalue weighted by molar-refractivity contribution is 6.02. The van der Waals surface area contributed by atoms with E-state index in [1.165, 1.54) is 5.56 Å². The van der Waals surface area contributed by atoms with E-state index in [4.69, 9.17) is 4.52 Å². The zero-order valence-corrected chi connectivity index (χ0v) is 14.3. The number of nitrogens with zero attached hydrogens (tertiary/aromatic N) is 3. The molecule has 3 aromatic rings. The lowest BCUT2D eigenvalue weighted by Crippen LogP contribution is -2.15. The van der Waals surface area contributed by atoms with Crippen molar-refractivity contribution >= 4 is 23.2 Å². The van der Waals surface area contributed by atoms with Gasteiger partial charge in [-0.3, -0.25) is 4.79 Å². The van der Waals surface area contributed by atoms with Crippen molar-refractivity contribution in [2.45, 2.75) is 27.2 Å². The minimum atomic E-state index is -0.372. The summed E-state index contributed by atoms with van der Waals surface area (Å²) in [6.45, 7) is 5.60. The van der Waals surface area contributed by atoms with Gasteiger partial charge in [0.2, 0.25) is 0 Å². The second kappa shape index (κ2) is 7.12. The topological polar surface area (TPSA) is 92.9 Å². The minimum absolute atomic E-state index is 0.251. The first-order valence-corrected chi connectivity index (χ1v) is 8.00. The van der Waals surface area contributed by atoms with Crippen LogP contribution in [0.1, 0.15) is 34.6 Å². The lowest BCUT2D eigenvalue weighted by Gasteiger charge is -2.09. The van der Waals surface area contributed by atoms with E-state index in [0.717, 1.165) is 12.1 Å². The molecule has 1 aromatic carbocycles. The molecular weight excluding hydrogens is 318 g/mol. The number of aryl methyl sites for hydroxylation is 3. The van der Waals surface area contributed by atoms with Crippen molar-refractivity contribution in [1.82, 2.24) is 15.1 Å². The highest BCUT2D eigenvalue weighted by atomic mass is 16.5. The predicted molar refractivity (Wildman–Crippen MR) is 95.1 cm³/mol. The molecule has 0 aliphatic rings. The maximum Gasteiger partial charge on any atom is 0.275 e. The molecule has 0 aliphatic heterocycles. The molecule has 2 N–H and O–H groups in total. The number of nitrogens with one attached hydrogen (secondary N) is 2. The normalized spacial score (nSPS) is 10.5. The van der Waals surface area contributed by atoms with Gasteiger partial charge in [0, 0.05) is 17.8 Å². The van der Waals surface area contributed by atoms with E-state index in [9.17, 15) is 4.79 Å². The van der Waals surface area contributed by atoms with Crippen LogP contribution in [-0.2, 0) is 6.42 Å². The number of carbonyl (C=O) groups is 1. The number of benzene rings is 1. The van der Waals surface area contributed by atoms with Crippen molar-refractivity contribution in [2.75, 3.05) is 10.6 Å². The average Bonchev–Trinajstić information content (AvgIpc) is 3.00. The zero-order valence-electron chi connectivity index (χ0n) is 14.3. The number of hydrogen-bond donors (Lipinski definition) is 2. The molecule has 7 heteroatoms. The predicted octanol–water partition coefficient (Wildman–Crippen LogP) is 3.64. The molecule has 7 nitrogen and oxygen atoms in total. The van der Waals surface area contributed by atoms with Gasteiger partial charge in [0.25, 0.3) is 5.91 Å². The standard InChI is InChI=1S/C18H19N5O2/c1-4-13-5-7-14(8-6-13)21-16-10-15(19-12(3)20-16)18(24)22-17-9-11(2)25-23-17/h5-10H,4H2,1-3H3,(H,19,20,21)(H,22,23,24). The van der Waals surface area contributed by atoms with Crippen LogP contribution in [0.25, 0.3) is 0 Å².